The molecule has 5 aliphatic heterocycles. The second-order valence-electron chi connectivity index (χ2n) is 18.0. The van der Waals surface area contributed by atoms with Crippen LogP contribution in [0, 0.1) is 23.2 Å². The van der Waals surface area contributed by atoms with Crippen molar-refractivity contribution < 1.29 is 90.3 Å². The molecule has 9 rings (SSSR count). The van der Waals surface area contributed by atoms with Crippen LogP contribution in [0.3, 0.4) is 0 Å². The van der Waals surface area contributed by atoms with Gasteiger partial charge in [0.05, 0.1) is 34.1 Å². The van der Waals surface area contributed by atoms with Gasteiger partial charge in [-0.25, -0.2) is 9.59 Å². The molecule has 15 atom stereocenters. The van der Waals surface area contributed by atoms with Crippen LogP contribution in [-0.4, -0.2) is 178 Å². The Hall–Kier alpha value is -2.35. The van der Waals surface area contributed by atoms with Crippen LogP contribution in [0.1, 0.15) is 39.0 Å². The van der Waals surface area contributed by atoms with Crippen molar-refractivity contribution in [3.8, 4) is 0 Å². The number of carbonyl (C=O) groups is 6. The Labute approximate surface area is 423 Å². The van der Waals surface area contributed by atoms with Gasteiger partial charge in [-0.2, -0.15) is 25.3 Å². The molecule has 1 amide bonds. The van der Waals surface area contributed by atoms with Crippen molar-refractivity contribution in [3.05, 3.63) is 38.0 Å². The Bertz CT molecular complexity index is 2310. The second kappa shape index (κ2) is 23.0. The molecule has 4 saturated carbocycles. The molecular formula is C42H55NO20S7. The lowest BCUT2D eigenvalue weighted by molar-refractivity contribution is -0.156. The fourth-order valence-electron chi connectivity index (χ4n) is 10.8. The summed E-state index contributed by atoms with van der Waals surface area (Å²) in [6.45, 7) is 12.0. The number of esters is 2. The third-order valence-corrected chi connectivity index (χ3v) is 23.2. The van der Waals surface area contributed by atoms with Crippen molar-refractivity contribution in [2.24, 2.45) is 23.2 Å². The third kappa shape index (κ3) is 12.4. The molecule has 0 aromatic carbocycles. The van der Waals surface area contributed by atoms with Crippen molar-refractivity contribution in [2.45, 2.75) is 102 Å². The molecule has 6 bridgehead atoms. The van der Waals surface area contributed by atoms with Gasteiger partial charge >= 0.3 is 11.9 Å². The molecule has 28 heteroatoms. The first kappa shape index (κ1) is 55.4. The average molecular weight is 1120 g/mol. The number of nitrogens with one attached hydrogen (secondary N) is 1. The van der Waals surface area contributed by atoms with Crippen LogP contribution >= 0.6 is 47.0 Å². The first-order valence-electron chi connectivity index (χ1n) is 22.3. The standard InChI is InChI=1S/C15H20O7S2.C14H19NO6S2.C13H16O7S3/c1-3-12(17)23-5-4-20-11(16)8-21-14-13-9-6-15(14,2)7-10(9)24(18,19)22-13;1-2-12(17)22-4-3-15-11(16)7-20-13-8-5-9-10(6-8)23(18,19)21-14(9)13;1-2-10(15)21-4-3-18-9(14)6-19-11-7-5-8-13(22-7)12(11)20-23(8,16)17/h3,9-10,13-14H,1,4-8H2,2H3;2,8-10,13-14H,1,3-7H2,(H,15,16);2,7-8,11-13H,1,3-6H2. The number of ether oxygens (including phenoxy) is 5. The average Bonchev–Trinajstić information content (AvgIpc) is 4.20. The van der Waals surface area contributed by atoms with Crippen LogP contribution in [0.25, 0.3) is 0 Å². The van der Waals surface area contributed by atoms with E-state index in [9.17, 15) is 54.0 Å². The number of amides is 1. The van der Waals surface area contributed by atoms with Crippen LogP contribution < -0.4 is 5.32 Å². The fourth-order valence-corrected chi connectivity index (χ4v) is 20.3. The van der Waals surface area contributed by atoms with E-state index in [0.717, 1.165) is 48.1 Å². The number of thioether (sulfide) groups is 4. The monoisotopic (exact) mass is 1120 g/mol. The van der Waals surface area contributed by atoms with Gasteiger partial charge in [0.15, 0.2) is 0 Å². The number of fused-ring (bicyclic) bond motifs is 3. The fraction of sp³-hybridized carbons (Fsp3) is 0.714. The zero-order chi connectivity index (χ0) is 50.8. The molecule has 15 unspecified atom stereocenters. The van der Waals surface area contributed by atoms with Crippen molar-refractivity contribution >= 4 is 111 Å². The lowest BCUT2D eigenvalue weighted by Crippen LogP contribution is -2.42. The number of hydrogen-bond donors (Lipinski definition) is 1. The highest BCUT2D eigenvalue weighted by Gasteiger charge is 2.70. The molecule has 9 fully saturated rings. The maximum absolute atomic E-state index is 12.0. The van der Waals surface area contributed by atoms with Gasteiger partial charge in [-0.15, -0.1) is 11.8 Å². The molecule has 5 heterocycles. The van der Waals surface area contributed by atoms with E-state index in [4.69, 9.17) is 36.2 Å². The van der Waals surface area contributed by atoms with E-state index in [2.05, 4.69) is 25.1 Å². The summed E-state index contributed by atoms with van der Waals surface area (Å²) in [7, 11) is -10.5. The highest BCUT2D eigenvalue weighted by atomic mass is 32.2. The SMILES string of the molecule is C=CC(=O)SCCNC(=O)COC1C2CC3C1OS(=O)(=O)C3C2.C=CC(=O)SCCOC(=O)COC1C2CC3C(S2)C1OS3(=O)=O.C=CC(=O)SCCOC(=O)COC1C2OS(=O)(=O)C3CC1(C)CC23. The van der Waals surface area contributed by atoms with Crippen LogP contribution in [0.15, 0.2) is 38.0 Å². The summed E-state index contributed by atoms with van der Waals surface area (Å²) in [5.74, 6) is -0.0553. The highest BCUT2D eigenvalue weighted by Crippen LogP contribution is 2.62. The van der Waals surface area contributed by atoms with Crippen LogP contribution in [0.2, 0.25) is 0 Å². The van der Waals surface area contributed by atoms with Crippen LogP contribution in [0.4, 0.5) is 0 Å². The van der Waals surface area contributed by atoms with E-state index >= 15 is 0 Å². The molecule has 4 aliphatic carbocycles. The van der Waals surface area contributed by atoms with Gasteiger partial charge in [-0.3, -0.25) is 31.7 Å². The molecular weight excluding hydrogens is 1060 g/mol. The summed E-state index contributed by atoms with van der Waals surface area (Å²) in [6, 6.07) is 0. The van der Waals surface area contributed by atoms with Crippen molar-refractivity contribution in [1.29, 1.82) is 0 Å². The molecule has 1 N–H and O–H groups in total. The van der Waals surface area contributed by atoms with E-state index in [1.807, 2.05) is 6.92 Å². The normalized spacial score (nSPS) is 36.8. The van der Waals surface area contributed by atoms with Gasteiger partial charge in [0, 0.05) is 40.9 Å². The topological polar surface area (TPSA) is 291 Å². The summed E-state index contributed by atoms with van der Waals surface area (Å²) in [4.78, 5) is 68.1. The first-order valence-corrected chi connectivity index (χ1v) is 30.6. The predicted octanol–water partition coefficient (Wildman–Crippen LogP) is 1.30. The summed E-state index contributed by atoms with van der Waals surface area (Å²) >= 11 is 4.68. The molecule has 9 aliphatic rings. The van der Waals surface area contributed by atoms with E-state index in [-0.39, 0.29) is 99.3 Å². The summed E-state index contributed by atoms with van der Waals surface area (Å²) < 4.78 is 113. The predicted molar refractivity (Wildman–Crippen MR) is 257 cm³/mol. The molecule has 390 valence electrons. The zero-order valence-electron chi connectivity index (χ0n) is 37.9. The molecule has 0 aromatic rings. The number of hydrogen-bond acceptors (Lipinski definition) is 24. The van der Waals surface area contributed by atoms with Crippen LogP contribution in [-0.2, 0) is 95.4 Å². The van der Waals surface area contributed by atoms with Crippen molar-refractivity contribution in [2.75, 3.05) is 56.8 Å². The minimum atomic E-state index is -3.51. The van der Waals surface area contributed by atoms with E-state index in [0.29, 0.717) is 43.1 Å². The molecule has 70 heavy (non-hydrogen) atoms. The first-order chi connectivity index (χ1) is 33.1. The second-order valence-corrected chi connectivity index (χ2v) is 28.0. The molecule has 0 aromatic heterocycles. The quantitative estimate of drug-likeness (QED) is 0.0733. The maximum atomic E-state index is 12.0. The largest absolute Gasteiger partial charge is 0.463 e. The van der Waals surface area contributed by atoms with Gasteiger partial charge in [0.25, 0.3) is 30.4 Å². The number of carbonyl (C=O) groups excluding carboxylic acids is 6. The minimum absolute atomic E-state index is 0.0133. The Morgan fingerprint density at radius 1 is 0.643 bits per heavy atom. The maximum Gasteiger partial charge on any atom is 0.332 e. The Morgan fingerprint density at radius 3 is 1.81 bits per heavy atom. The van der Waals surface area contributed by atoms with E-state index in [1.165, 1.54) is 18.2 Å². The van der Waals surface area contributed by atoms with Crippen molar-refractivity contribution in [3.63, 3.8) is 0 Å². The third-order valence-electron chi connectivity index (χ3n) is 13.6. The molecule has 0 radical (unpaired) electrons. The van der Waals surface area contributed by atoms with Crippen molar-refractivity contribution in [1.82, 2.24) is 5.32 Å². The van der Waals surface area contributed by atoms with Gasteiger partial charge in [-0.05, 0) is 61.7 Å². The van der Waals surface area contributed by atoms with Gasteiger partial charge in [0.1, 0.15) is 56.6 Å². The van der Waals surface area contributed by atoms with Crippen LogP contribution in [0.5, 0.6) is 0 Å². The van der Waals surface area contributed by atoms with Gasteiger partial charge in [0.2, 0.25) is 21.3 Å². The van der Waals surface area contributed by atoms with E-state index in [1.54, 1.807) is 11.8 Å². The zero-order valence-corrected chi connectivity index (χ0v) is 43.6. The highest BCUT2D eigenvalue weighted by molar-refractivity contribution is 8.14. The smallest absolute Gasteiger partial charge is 0.332 e. The van der Waals surface area contributed by atoms with Gasteiger partial charge in [-0.1, -0.05) is 61.9 Å². The van der Waals surface area contributed by atoms with E-state index < -0.39 is 83.3 Å². The van der Waals surface area contributed by atoms with Gasteiger partial charge < -0.3 is 29.0 Å². The minimum Gasteiger partial charge on any atom is -0.463 e. The summed E-state index contributed by atoms with van der Waals surface area (Å²) in [6.07, 6.45) is 4.18. The summed E-state index contributed by atoms with van der Waals surface area (Å²) in [5, 5.41) is 0.877. The molecule has 0 spiro atoms. The molecule has 5 saturated heterocycles. The molecule has 21 nitrogen and oxygen atoms in total. The Balaban J connectivity index is 0.000000155. The number of rotatable bonds is 21. The Kier molecular flexibility index (Phi) is 18.2. The lowest BCUT2D eigenvalue weighted by atomic mass is 9.82. The Morgan fingerprint density at radius 2 is 1.19 bits per heavy atom. The summed E-state index contributed by atoms with van der Waals surface area (Å²) in [5.41, 5.74) is -0.282. The lowest BCUT2D eigenvalue weighted by Gasteiger charge is -2.32.